The molecule has 0 bridgehead atoms. The van der Waals surface area contributed by atoms with Gasteiger partial charge >= 0.3 is 0 Å². The van der Waals surface area contributed by atoms with Gasteiger partial charge in [-0.15, -0.1) is 11.3 Å². The van der Waals surface area contributed by atoms with Gasteiger partial charge in [-0.2, -0.15) is 0 Å². The first kappa shape index (κ1) is 18.4. The lowest BCUT2D eigenvalue weighted by Crippen LogP contribution is -2.43. The van der Waals surface area contributed by atoms with Crippen LogP contribution in [-0.4, -0.2) is 41.5 Å². The molecule has 1 aliphatic heterocycles. The van der Waals surface area contributed by atoms with Crippen LogP contribution in [0.3, 0.4) is 0 Å². The number of nitrogens with zero attached hydrogens (tertiary/aromatic N) is 2. The van der Waals surface area contributed by atoms with Crippen LogP contribution < -0.4 is 5.32 Å². The van der Waals surface area contributed by atoms with Gasteiger partial charge in [0, 0.05) is 12.6 Å². The van der Waals surface area contributed by atoms with Crippen LogP contribution in [0.5, 0.6) is 0 Å². The molecule has 0 aliphatic carbocycles. The Kier molecular flexibility index (Phi) is 6.20. The van der Waals surface area contributed by atoms with E-state index in [0.717, 1.165) is 41.6 Å². The zero-order valence-corrected chi connectivity index (χ0v) is 16.1. The molecular formula is C18H31N3OS. The molecule has 1 aromatic heterocycles. The number of hydrogen-bond acceptors (Lipinski definition) is 4. The lowest BCUT2D eigenvalue weighted by molar-refractivity contribution is 0.0928. The Morgan fingerprint density at radius 3 is 2.70 bits per heavy atom. The van der Waals surface area contributed by atoms with Gasteiger partial charge < -0.3 is 10.2 Å². The normalized spacial score (nSPS) is 20.3. The van der Waals surface area contributed by atoms with E-state index in [-0.39, 0.29) is 11.9 Å². The van der Waals surface area contributed by atoms with Crippen molar-refractivity contribution in [1.82, 2.24) is 15.2 Å². The van der Waals surface area contributed by atoms with Crippen LogP contribution in [0.4, 0.5) is 0 Å². The van der Waals surface area contributed by atoms with E-state index in [1.165, 1.54) is 30.6 Å². The Balaban J connectivity index is 1.93. The number of nitrogens with one attached hydrogen (secondary N) is 1. The summed E-state index contributed by atoms with van der Waals surface area (Å²) in [4.78, 5) is 20.2. The fourth-order valence-corrected chi connectivity index (χ4v) is 3.85. The van der Waals surface area contributed by atoms with Crippen LogP contribution in [0, 0.1) is 19.3 Å². The number of hydrogen-bond donors (Lipinski definition) is 1. The summed E-state index contributed by atoms with van der Waals surface area (Å²) in [7, 11) is 0. The highest BCUT2D eigenvalue weighted by molar-refractivity contribution is 7.13. The molecule has 0 spiro atoms. The van der Waals surface area contributed by atoms with E-state index in [9.17, 15) is 4.79 Å². The molecule has 23 heavy (non-hydrogen) atoms. The minimum absolute atomic E-state index is 0.0516. The molecule has 0 aromatic carbocycles. The molecule has 0 saturated carbocycles. The van der Waals surface area contributed by atoms with Crippen molar-refractivity contribution in [2.75, 3.05) is 19.6 Å². The molecule has 1 fully saturated rings. The summed E-state index contributed by atoms with van der Waals surface area (Å²) >= 11 is 1.49. The lowest BCUT2D eigenvalue weighted by Gasteiger charge is -2.28. The highest BCUT2D eigenvalue weighted by Gasteiger charge is 2.23. The van der Waals surface area contributed by atoms with Crippen LogP contribution in [0.2, 0.25) is 0 Å². The predicted octanol–water partition coefficient (Wildman–Crippen LogP) is 3.78. The third-order valence-electron chi connectivity index (χ3n) is 4.38. The third-order valence-corrected chi connectivity index (χ3v) is 5.45. The Morgan fingerprint density at radius 2 is 2.09 bits per heavy atom. The summed E-state index contributed by atoms with van der Waals surface area (Å²) in [5.41, 5.74) is 1.21. The SMILES string of the molecule is Cc1nc(C)c(C(=O)N[C@H]2CCCCN(CCC(C)(C)C)C2)s1. The van der Waals surface area contributed by atoms with Crippen LogP contribution in [0.15, 0.2) is 0 Å². The first-order valence-electron chi connectivity index (χ1n) is 8.72. The van der Waals surface area contributed by atoms with Gasteiger partial charge in [-0.1, -0.05) is 27.2 Å². The summed E-state index contributed by atoms with van der Waals surface area (Å²) in [6.45, 7) is 14.0. The van der Waals surface area contributed by atoms with Gasteiger partial charge in [0.05, 0.1) is 10.7 Å². The summed E-state index contributed by atoms with van der Waals surface area (Å²) in [5, 5.41) is 4.20. The first-order valence-corrected chi connectivity index (χ1v) is 9.53. The number of carbonyl (C=O) groups is 1. The maximum Gasteiger partial charge on any atom is 0.263 e. The Morgan fingerprint density at radius 1 is 1.35 bits per heavy atom. The van der Waals surface area contributed by atoms with E-state index in [1.807, 2.05) is 13.8 Å². The van der Waals surface area contributed by atoms with Crippen LogP contribution >= 0.6 is 11.3 Å². The monoisotopic (exact) mass is 337 g/mol. The van der Waals surface area contributed by atoms with Crippen LogP contribution in [0.25, 0.3) is 0 Å². The molecule has 1 saturated heterocycles. The number of carbonyl (C=O) groups excluding carboxylic acids is 1. The molecular weight excluding hydrogens is 306 g/mol. The molecule has 5 heteroatoms. The summed E-state index contributed by atoms with van der Waals surface area (Å²) in [6, 6.07) is 0.256. The largest absolute Gasteiger partial charge is 0.347 e. The molecule has 130 valence electrons. The van der Waals surface area contributed by atoms with E-state index in [4.69, 9.17) is 0 Å². The number of rotatable bonds is 4. The third kappa shape index (κ3) is 5.88. The lowest BCUT2D eigenvalue weighted by atomic mass is 9.92. The zero-order chi connectivity index (χ0) is 17.0. The number of aromatic nitrogens is 1. The average Bonchev–Trinajstić information content (AvgIpc) is 2.65. The van der Waals surface area contributed by atoms with Crippen molar-refractivity contribution in [1.29, 1.82) is 0 Å². The van der Waals surface area contributed by atoms with Gasteiger partial charge in [0.1, 0.15) is 4.88 Å². The van der Waals surface area contributed by atoms with Gasteiger partial charge in [0.25, 0.3) is 5.91 Å². The maximum atomic E-state index is 12.5. The van der Waals surface area contributed by atoms with E-state index >= 15 is 0 Å². The topological polar surface area (TPSA) is 45.2 Å². The van der Waals surface area contributed by atoms with E-state index < -0.39 is 0 Å². The predicted molar refractivity (Wildman–Crippen MR) is 97.2 cm³/mol. The van der Waals surface area contributed by atoms with Gasteiger partial charge in [-0.3, -0.25) is 4.79 Å². The van der Waals surface area contributed by atoms with Gasteiger partial charge in [-0.25, -0.2) is 4.98 Å². The van der Waals surface area contributed by atoms with Crippen LogP contribution in [0.1, 0.15) is 66.8 Å². The Bertz CT molecular complexity index is 533. The molecule has 0 unspecified atom stereocenters. The molecule has 1 aromatic rings. The Hall–Kier alpha value is -0.940. The van der Waals surface area contributed by atoms with Crippen molar-refractivity contribution in [2.45, 2.75) is 66.3 Å². The van der Waals surface area contributed by atoms with Crippen molar-refractivity contribution in [3.8, 4) is 0 Å². The summed E-state index contributed by atoms with van der Waals surface area (Å²) in [6.07, 6.45) is 4.70. The molecule has 2 heterocycles. The van der Waals surface area contributed by atoms with Crippen LogP contribution in [-0.2, 0) is 0 Å². The summed E-state index contributed by atoms with van der Waals surface area (Å²) in [5.74, 6) is 0.0516. The van der Waals surface area contributed by atoms with Gasteiger partial charge in [0.2, 0.25) is 0 Å². The second-order valence-electron chi connectivity index (χ2n) is 7.92. The minimum Gasteiger partial charge on any atom is -0.347 e. The van der Waals surface area contributed by atoms with Gasteiger partial charge in [-0.05, 0) is 51.6 Å². The second-order valence-corrected chi connectivity index (χ2v) is 9.13. The summed E-state index contributed by atoms with van der Waals surface area (Å²) < 4.78 is 0. The number of thiazole rings is 1. The molecule has 2 rings (SSSR count). The molecule has 1 aliphatic rings. The Labute approximate surface area is 144 Å². The number of likely N-dealkylation sites (tertiary alicyclic amines) is 1. The van der Waals surface area contributed by atoms with E-state index in [0.29, 0.717) is 5.41 Å². The highest BCUT2D eigenvalue weighted by atomic mass is 32.1. The van der Waals surface area contributed by atoms with E-state index in [1.54, 1.807) is 0 Å². The van der Waals surface area contributed by atoms with Crippen molar-refractivity contribution in [3.05, 3.63) is 15.6 Å². The highest BCUT2D eigenvalue weighted by Crippen LogP contribution is 2.21. The van der Waals surface area contributed by atoms with Crippen molar-refractivity contribution in [2.24, 2.45) is 5.41 Å². The molecule has 0 radical (unpaired) electrons. The fraction of sp³-hybridized carbons (Fsp3) is 0.778. The molecule has 1 amide bonds. The fourth-order valence-electron chi connectivity index (χ4n) is 3.03. The quantitative estimate of drug-likeness (QED) is 0.909. The maximum absolute atomic E-state index is 12.5. The zero-order valence-electron chi connectivity index (χ0n) is 15.2. The van der Waals surface area contributed by atoms with Crippen molar-refractivity contribution >= 4 is 17.2 Å². The van der Waals surface area contributed by atoms with E-state index in [2.05, 4.69) is 36.0 Å². The second kappa shape index (κ2) is 7.75. The molecule has 1 atom stereocenters. The molecule has 4 nitrogen and oxygen atoms in total. The van der Waals surface area contributed by atoms with Crippen molar-refractivity contribution in [3.63, 3.8) is 0 Å². The number of amides is 1. The first-order chi connectivity index (χ1) is 10.7. The average molecular weight is 338 g/mol. The van der Waals surface area contributed by atoms with Gasteiger partial charge in [0.15, 0.2) is 0 Å². The van der Waals surface area contributed by atoms with Crippen molar-refractivity contribution < 1.29 is 4.79 Å². The minimum atomic E-state index is 0.0516. The smallest absolute Gasteiger partial charge is 0.263 e. The standard InChI is InChI=1S/C18H31N3OS/c1-13-16(23-14(2)19-13)17(22)20-15-8-6-7-10-21(12-15)11-9-18(3,4)5/h15H,6-12H2,1-5H3,(H,20,22)/t15-/m0/s1. The number of aryl methyl sites for hydroxylation is 2. The molecule has 1 N–H and O–H groups in total.